The fraction of sp³-hybridized carbons (Fsp3) is 0.579. The summed E-state index contributed by atoms with van der Waals surface area (Å²) in [6.45, 7) is 8.13. The van der Waals surface area contributed by atoms with Crippen molar-refractivity contribution in [2.24, 2.45) is 4.99 Å². The first-order valence-corrected chi connectivity index (χ1v) is 9.11. The highest BCUT2D eigenvalue weighted by molar-refractivity contribution is 5.81. The lowest BCUT2D eigenvalue weighted by atomic mass is 10.1. The zero-order valence-electron chi connectivity index (χ0n) is 15.0. The van der Waals surface area contributed by atoms with E-state index < -0.39 is 0 Å². The van der Waals surface area contributed by atoms with Gasteiger partial charge in [0.15, 0.2) is 5.96 Å². The van der Waals surface area contributed by atoms with Crippen LogP contribution < -0.4 is 10.6 Å². The summed E-state index contributed by atoms with van der Waals surface area (Å²) in [5.74, 6) is 1.02. The van der Waals surface area contributed by atoms with Gasteiger partial charge in [0.1, 0.15) is 0 Å². The van der Waals surface area contributed by atoms with Crippen LogP contribution in [0.2, 0.25) is 0 Å². The summed E-state index contributed by atoms with van der Waals surface area (Å²) >= 11 is 0. The Morgan fingerprint density at radius 2 is 1.83 bits per heavy atom. The maximum Gasteiger partial charge on any atom is 0.224 e. The Labute approximate surface area is 145 Å². The number of rotatable bonds is 7. The van der Waals surface area contributed by atoms with Gasteiger partial charge in [-0.15, -0.1) is 0 Å². The van der Waals surface area contributed by atoms with Crippen LogP contribution in [0.5, 0.6) is 0 Å². The van der Waals surface area contributed by atoms with Crippen molar-refractivity contribution in [3.05, 3.63) is 35.4 Å². The fourth-order valence-corrected chi connectivity index (χ4v) is 2.98. The van der Waals surface area contributed by atoms with Gasteiger partial charge in [-0.2, -0.15) is 0 Å². The molecule has 1 aliphatic heterocycles. The molecule has 0 saturated carbocycles. The van der Waals surface area contributed by atoms with Gasteiger partial charge in [0, 0.05) is 32.6 Å². The molecule has 1 amide bonds. The number of carbonyl (C=O) groups excluding carboxylic acids is 1. The number of amides is 1. The first-order valence-electron chi connectivity index (χ1n) is 9.11. The molecule has 0 bridgehead atoms. The molecule has 5 nitrogen and oxygen atoms in total. The van der Waals surface area contributed by atoms with Gasteiger partial charge in [-0.05, 0) is 37.3 Å². The molecule has 1 aliphatic rings. The number of benzene rings is 1. The van der Waals surface area contributed by atoms with E-state index in [0.717, 1.165) is 44.9 Å². The lowest BCUT2D eigenvalue weighted by Crippen LogP contribution is -2.39. The summed E-state index contributed by atoms with van der Waals surface area (Å²) in [6.07, 6.45) is 3.82. The molecule has 0 radical (unpaired) electrons. The number of nitrogens with zero attached hydrogens (tertiary/aromatic N) is 2. The lowest BCUT2D eigenvalue weighted by molar-refractivity contribution is -0.129. The Bertz CT molecular complexity index is 550. The lowest BCUT2D eigenvalue weighted by Gasteiger charge is -2.16. The summed E-state index contributed by atoms with van der Waals surface area (Å²) in [7, 11) is 0. The molecule has 0 aromatic heterocycles. The van der Waals surface area contributed by atoms with E-state index in [1.54, 1.807) is 0 Å². The SMILES string of the molecule is CCNC(=NCc1ccccc1CC)NCCC(=O)N1CCCC1. The zero-order chi connectivity index (χ0) is 17.2. The second-order valence-corrected chi connectivity index (χ2v) is 6.08. The molecule has 1 aromatic carbocycles. The van der Waals surface area contributed by atoms with Gasteiger partial charge in [-0.3, -0.25) is 4.79 Å². The molecule has 1 fully saturated rings. The van der Waals surface area contributed by atoms with Crippen molar-refractivity contribution in [1.29, 1.82) is 0 Å². The molecule has 24 heavy (non-hydrogen) atoms. The van der Waals surface area contributed by atoms with Gasteiger partial charge in [-0.1, -0.05) is 31.2 Å². The first-order chi connectivity index (χ1) is 11.7. The first kappa shape index (κ1) is 18.3. The number of guanidine groups is 1. The molecule has 2 rings (SSSR count). The van der Waals surface area contributed by atoms with Crippen LogP contribution in [0.1, 0.15) is 44.2 Å². The van der Waals surface area contributed by atoms with Gasteiger partial charge in [-0.25, -0.2) is 4.99 Å². The summed E-state index contributed by atoms with van der Waals surface area (Å²) in [4.78, 5) is 18.7. The van der Waals surface area contributed by atoms with Crippen LogP contribution in [0.3, 0.4) is 0 Å². The second-order valence-electron chi connectivity index (χ2n) is 6.08. The number of hydrogen-bond donors (Lipinski definition) is 2. The van der Waals surface area contributed by atoms with Gasteiger partial charge < -0.3 is 15.5 Å². The smallest absolute Gasteiger partial charge is 0.224 e. The summed E-state index contributed by atoms with van der Waals surface area (Å²) in [5, 5.41) is 6.52. The van der Waals surface area contributed by atoms with Crippen LogP contribution in [0.15, 0.2) is 29.3 Å². The quantitative estimate of drug-likeness (QED) is 0.596. The molecular formula is C19H30N4O. The minimum absolute atomic E-state index is 0.243. The Morgan fingerprint density at radius 3 is 2.50 bits per heavy atom. The van der Waals surface area contributed by atoms with E-state index >= 15 is 0 Å². The van der Waals surface area contributed by atoms with Crippen molar-refractivity contribution in [3.63, 3.8) is 0 Å². The van der Waals surface area contributed by atoms with Crippen molar-refractivity contribution in [2.45, 2.75) is 46.1 Å². The highest BCUT2D eigenvalue weighted by atomic mass is 16.2. The van der Waals surface area contributed by atoms with E-state index in [1.807, 2.05) is 11.8 Å². The van der Waals surface area contributed by atoms with Crippen molar-refractivity contribution in [1.82, 2.24) is 15.5 Å². The van der Waals surface area contributed by atoms with Crippen molar-refractivity contribution in [3.8, 4) is 0 Å². The van der Waals surface area contributed by atoms with Crippen LogP contribution in [0.4, 0.5) is 0 Å². The third-order valence-corrected chi connectivity index (χ3v) is 4.34. The molecule has 0 atom stereocenters. The number of likely N-dealkylation sites (tertiary alicyclic amines) is 1. The van der Waals surface area contributed by atoms with E-state index in [2.05, 4.69) is 46.8 Å². The van der Waals surface area contributed by atoms with Crippen molar-refractivity contribution < 1.29 is 4.79 Å². The monoisotopic (exact) mass is 330 g/mol. The molecule has 5 heteroatoms. The maximum atomic E-state index is 12.1. The fourth-order valence-electron chi connectivity index (χ4n) is 2.98. The summed E-state index contributed by atoms with van der Waals surface area (Å²) in [5.41, 5.74) is 2.59. The number of hydrogen-bond acceptors (Lipinski definition) is 2. The minimum atomic E-state index is 0.243. The normalized spacial score (nSPS) is 14.8. The second kappa shape index (κ2) is 9.96. The number of nitrogens with one attached hydrogen (secondary N) is 2. The molecule has 0 spiro atoms. The van der Waals surface area contributed by atoms with E-state index in [4.69, 9.17) is 0 Å². The molecule has 0 aliphatic carbocycles. The Kier molecular flexibility index (Phi) is 7.59. The van der Waals surface area contributed by atoms with Crippen LogP contribution in [0, 0.1) is 0 Å². The van der Waals surface area contributed by atoms with E-state index in [9.17, 15) is 4.79 Å². The average molecular weight is 330 g/mol. The predicted molar refractivity (Wildman–Crippen MR) is 99.1 cm³/mol. The van der Waals surface area contributed by atoms with Crippen LogP contribution >= 0.6 is 0 Å². The minimum Gasteiger partial charge on any atom is -0.357 e. The Balaban J connectivity index is 1.85. The van der Waals surface area contributed by atoms with Crippen molar-refractivity contribution in [2.75, 3.05) is 26.2 Å². The maximum absolute atomic E-state index is 12.1. The van der Waals surface area contributed by atoms with Crippen LogP contribution in [-0.2, 0) is 17.8 Å². The third-order valence-electron chi connectivity index (χ3n) is 4.34. The number of aliphatic imine (C=N–C) groups is 1. The third kappa shape index (κ3) is 5.55. The zero-order valence-corrected chi connectivity index (χ0v) is 15.0. The largest absolute Gasteiger partial charge is 0.357 e. The molecular weight excluding hydrogens is 300 g/mol. The average Bonchev–Trinajstić information content (AvgIpc) is 3.14. The van der Waals surface area contributed by atoms with Gasteiger partial charge >= 0.3 is 0 Å². The van der Waals surface area contributed by atoms with Gasteiger partial charge in [0.25, 0.3) is 0 Å². The Morgan fingerprint density at radius 1 is 1.12 bits per heavy atom. The molecule has 1 heterocycles. The van der Waals surface area contributed by atoms with Crippen LogP contribution in [0.25, 0.3) is 0 Å². The molecule has 2 N–H and O–H groups in total. The van der Waals surface area contributed by atoms with Gasteiger partial charge in [0.2, 0.25) is 5.91 Å². The van der Waals surface area contributed by atoms with E-state index in [0.29, 0.717) is 19.5 Å². The molecule has 0 unspecified atom stereocenters. The van der Waals surface area contributed by atoms with Crippen molar-refractivity contribution >= 4 is 11.9 Å². The Hall–Kier alpha value is -2.04. The predicted octanol–water partition coefficient (Wildman–Crippen LogP) is 2.32. The topological polar surface area (TPSA) is 56.7 Å². The standard InChI is InChI=1S/C19H30N4O/c1-3-16-9-5-6-10-17(16)15-22-19(20-4-2)21-12-11-18(24)23-13-7-8-14-23/h5-6,9-10H,3-4,7-8,11-15H2,1-2H3,(H2,20,21,22). The van der Waals surface area contributed by atoms with E-state index in [-0.39, 0.29) is 5.91 Å². The summed E-state index contributed by atoms with van der Waals surface area (Å²) in [6, 6.07) is 8.40. The van der Waals surface area contributed by atoms with Crippen LogP contribution in [-0.4, -0.2) is 42.9 Å². The number of aryl methyl sites for hydroxylation is 1. The molecule has 1 saturated heterocycles. The highest BCUT2D eigenvalue weighted by Gasteiger charge is 2.17. The van der Waals surface area contributed by atoms with E-state index in [1.165, 1.54) is 11.1 Å². The molecule has 1 aromatic rings. The summed E-state index contributed by atoms with van der Waals surface area (Å²) < 4.78 is 0. The number of carbonyl (C=O) groups is 1. The van der Waals surface area contributed by atoms with Gasteiger partial charge in [0.05, 0.1) is 6.54 Å². The molecule has 132 valence electrons. The highest BCUT2D eigenvalue weighted by Crippen LogP contribution is 2.10.